The fraction of sp³-hybridized carbons (Fsp3) is 0.222. The second-order valence-electron chi connectivity index (χ2n) is 5.11. The number of halogens is 1. The molecule has 132 valence electrons. The molecule has 25 heavy (non-hydrogen) atoms. The molecule has 0 saturated heterocycles. The minimum atomic E-state index is -1.07. The van der Waals surface area contributed by atoms with E-state index in [-0.39, 0.29) is 17.8 Å². The van der Waals surface area contributed by atoms with Crippen molar-refractivity contribution in [2.24, 2.45) is 0 Å². The number of carboxylic acids is 1. The number of fused-ring (bicyclic) bond motifs is 1. The summed E-state index contributed by atoms with van der Waals surface area (Å²) in [6.07, 6.45) is -0.322. The molecule has 2 aromatic heterocycles. The first kappa shape index (κ1) is 18.7. The van der Waals surface area contributed by atoms with Crippen molar-refractivity contribution in [2.75, 3.05) is 0 Å². The Morgan fingerprint density at radius 2 is 1.96 bits per heavy atom. The average Bonchev–Trinajstić information content (AvgIpc) is 3.19. The lowest BCUT2D eigenvalue weighted by Gasteiger charge is -2.06. The molecule has 0 aliphatic rings. The Morgan fingerprint density at radius 3 is 2.52 bits per heavy atom. The van der Waals surface area contributed by atoms with Crippen molar-refractivity contribution >= 4 is 34.1 Å². The SMILES string of the molecule is CC.Cc1c(CC(=O)O)c2cc(O)c(F)cc2n1C(=O)c1ccsc1. The molecule has 2 N–H and O–H groups in total. The summed E-state index contributed by atoms with van der Waals surface area (Å²) in [5.74, 6) is -2.88. The van der Waals surface area contributed by atoms with Crippen LogP contribution in [0.15, 0.2) is 29.0 Å². The number of aromatic hydroxyl groups is 1. The topological polar surface area (TPSA) is 79.5 Å². The summed E-state index contributed by atoms with van der Waals surface area (Å²) in [4.78, 5) is 23.8. The predicted octanol–water partition coefficient (Wildman–Crippen LogP) is 4.20. The quantitative estimate of drug-likeness (QED) is 0.731. The normalized spacial score (nSPS) is 10.4. The van der Waals surface area contributed by atoms with E-state index in [0.29, 0.717) is 22.2 Å². The molecule has 0 aliphatic heterocycles. The van der Waals surface area contributed by atoms with Crippen LogP contribution >= 0.6 is 11.3 Å². The van der Waals surface area contributed by atoms with Crippen molar-refractivity contribution in [3.63, 3.8) is 0 Å². The number of carbonyl (C=O) groups is 2. The van der Waals surface area contributed by atoms with E-state index in [9.17, 15) is 19.1 Å². The summed E-state index contributed by atoms with van der Waals surface area (Å²) in [5, 5.41) is 22.4. The maximum atomic E-state index is 13.7. The minimum Gasteiger partial charge on any atom is -0.505 e. The van der Waals surface area contributed by atoms with Gasteiger partial charge in [-0.05, 0) is 30.0 Å². The smallest absolute Gasteiger partial charge is 0.307 e. The number of phenolic OH excluding ortho intramolecular Hbond substituents is 1. The van der Waals surface area contributed by atoms with Gasteiger partial charge < -0.3 is 10.2 Å². The summed E-state index contributed by atoms with van der Waals surface area (Å²) >= 11 is 1.35. The summed E-state index contributed by atoms with van der Waals surface area (Å²) in [6, 6.07) is 3.85. The van der Waals surface area contributed by atoms with E-state index < -0.39 is 17.5 Å². The first-order chi connectivity index (χ1) is 11.9. The third-order valence-electron chi connectivity index (χ3n) is 3.70. The molecule has 7 heteroatoms. The van der Waals surface area contributed by atoms with Crippen LogP contribution in [0.3, 0.4) is 0 Å². The maximum Gasteiger partial charge on any atom is 0.307 e. The highest BCUT2D eigenvalue weighted by Crippen LogP contribution is 2.32. The molecular formula is C18H18FNO4S. The Morgan fingerprint density at radius 1 is 1.28 bits per heavy atom. The fourth-order valence-corrected chi connectivity index (χ4v) is 3.27. The van der Waals surface area contributed by atoms with E-state index in [4.69, 9.17) is 5.11 Å². The predicted molar refractivity (Wildman–Crippen MR) is 95.0 cm³/mol. The zero-order chi connectivity index (χ0) is 18.7. The Bertz CT molecular complexity index is 929. The molecule has 1 aromatic carbocycles. The van der Waals surface area contributed by atoms with E-state index in [0.717, 1.165) is 12.1 Å². The van der Waals surface area contributed by atoms with Crippen molar-refractivity contribution in [3.8, 4) is 5.75 Å². The molecule has 3 rings (SSSR count). The van der Waals surface area contributed by atoms with Gasteiger partial charge in [-0.25, -0.2) is 4.39 Å². The summed E-state index contributed by atoms with van der Waals surface area (Å²) < 4.78 is 15.0. The molecule has 3 aromatic rings. The van der Waals surface area contributed by atoms with Gasteiger partial charge in [0.2, 0.25) is 0 Å². The van der Waals surface area contributed by atoms with Crippen LogP contribution in [0.5, 0.6) is 5.75 Å². The van der Waals surface area contributed by atoms with Crippen LogP contribution < -0.4 is 0 Å². The molecule has 0 bridgehead atoms. The lowest BCUT2D eigenvalue weighted by atomic mass is 10.1. The molecule has 0 atom stereocenters. The molecule has 0 unspecified atom stereocenters. The number of phenols is 1. The molecule has 2 heterocycles. The van der Waals surface area contributed by atoms with Gasteiger partial charge in [-0.15, -0.1) is 0 Å². The van der Waals surface area contributed by atoms with E-state index in [2.05, 4.69) is 0 Å². The van der Waals surface area contributed by atoms with Gasteiger partial charge in [0.1, 0.15) is 0 Å². The number of hydrogen-bond acceptors (Lipinski definition) is 4. The van der Waals surface area contributed by atoms with Crippen LogP contribution in [0.2, 0.25) is 0 Å². The molecular weight excluding hydrogens is 345 g/mol. The highest BCUT2D eigenvalue weighted by Gasteiger charge is 2.23. The molecule has 0 radical (unpaired) electrons. The number of carbonyl (C=O) groups excluding carboxylic acids is 1. The Kier molecular flexibility index (Phi) is 5.58. The average molecular weight is 363 g/mol. The monoisotopic (exact) mass is 363 g/mol. The number of nitrogens with zero attached hydrogens (tertiary/aromatic N) is 1. The van der Waals surface area contributed by atoms with Gasteiger partial charge >= 0.3 is 5.97 Å². The van der Waals surface area contributed by atoms with E-state index in [1.54, 1.807) is 23.8 Å². The summed E-state index contributed by atoms with van der Waals surface area (Å²) in [5.41, 5.74) is 1.48. The van der Waals surface area contributed by atoms with Gasteiger partial charge in [-0.3, -0.25) is 14.2 Å². The molecule has 0 fully saturated rings. The number of aliphatic carboxylic acids is 1. The Labute approximate surface area is 148 Å². The first-order valence-corrected chi connectivity index (χ1v) is 8.65. The zero-order valence-electron chi connectivity index (χ0n) is 14.0. The van der Waals surface area contributed by atoms with Crippen LogP contribution in [0.25, 0.3) is 10.9 Å². The lowest BCUT2D eigenvalue weighted by Crippen LogP contribution is -2.13. The molecule has 0 saturated carbocycles. The Hall–Kier alpha value is -2.67. The highest BCUT2D eigenvalue weighted by molar-refractivity contribution is 7.08. The van der Waals surface area contributed by atoms with Crippen molar-refractivity contribution in [3.05, 3.63) is 51.6 Å². The number of rotatable bonds is 3. The van der Waals surface area contributed by atoms with E-state index >= 15 is 0 Å². The van der Waals surface area contributed by atoms with Gasteiger partial charge in [0.05, 0.1) is 17.5 Å². The number of thiophene rings is 1. The highest BCUT2D eigenvalue weighted by atomic mass is 32.1. The van der Waals surface area contributed by atoms with Crippen molar-refractivity contribution in [2.45, 2.75) is 27.2 Å². The number of carboxylic acid groups (broad SMARTS) is 1. The van der Waals surface area contributed by atoms with Crippen molar-refractivity contribution in [1.29, 1.82) is 0 Å². The second-order valence-corrected chi connectivity index (χ2v) is 5.89. The Balaban J connectivity index is 0.00000109. The van der Waals surface area contributed by atoms with Crippen LogP contribution in [-0.2, 0) is 11.2 Å². The van der Waals surface area contributed by atoms with Gasteiger partial charge in [-0.1, -0.05) is 13.8 Å². The maximum absolute atomic E-state index is 13.7. The largest absolute Gasteiger partial charge is 0.505 e. The summed E-state index contributed by atoms with van der Waals surface area (Å²) in [7, 11) is 0. The van der Waals surface area contributed by atoms with Crippen LogP contribution in [-0.4, -0.2) is 26.7 Å². The molecule has 0 aliphatic carbocycles. The lowest BCUT2D eigenvalue weighted by molar-refractivity contribution is -0.136. The van der Waals surface area contributed by atoms with E-state index in [1.165, 1.54) is 15.9 Å². The van der Waals surface area contributed by atoms with Gasteiger partial charge in [0, 0.05) is 22.5 Å². The van der Waals surface area contributed by atoms with Crippen molar-refractivity contribution in [1.82, 2.24) is 4.57 Å². The first-order valence-electron chi connectivity index (χ1n) is 7.71. The zero-order valence-corrected chi connectivity index (χ0v) is 14.9. The van der Waals surface area contributed by atoms with Gasteiger partial charge in [0.15, 0.2) is 11.6 Å². The molecule has 0 amide bonds. The number of aromatic nitrogens is 1. The number of hydrogen-bond donors (Lipinski definition) is 2. The second kappa shape index (κ2) is 7.48. The molecule has 5 nitrogen and oxygen atoms in total. The standard InChI is InChI=1S/C16H12FNO4S.C2H6/c1-8-10(5-15(20)21)11-4-14(19)12(17)6-13(11)18(8)16(22)9-2-3-23-7-9;1-2/h2-4,6-7,19H,5H2,1H3,(H,20,21);1-2H3. The van der Waals surface area contributed by atoms with Crippen LogP contribution in [0.1, 0.15) is 35.5 Å². The van der Waals surface area contributed by atoms with Crippen LogP contribution in [0, 0.1) is 12.7 Å². The van der Waals surface area contributed by atoms with Crippen LogP contribution in [0.4, 0.5) is 4.39 Å². The van der Waals surface area contributed by atoms with Gasteiger partial charge in [-0.2, -0.15) is 11.3 Å². The fourth-order valence-electron chi connectivity index (χ4n) is 2.64. The minimum absolute atomic E-state index is 0.241. The third-order valence-corrected chi connectivity index (χ3v) is 4.39. The van der Waals surface area contributed by atoms with E-state index in [1.807, 2.05) is 13.8 Å². The van der Waals surface area contributed by atoms with Gasteiger partial charge in [0.25, 0.3) is 5.91 Å². The number of benzene rings is 1. The summed E-state index contributed by atoms with van der Waals surface area (Å²) in [6.45, 7) is 5.61. The molecule has 0 spiro atoms. The third kappa shape index (κ3) is 3.41. The van der Waals surface area contributed by atoms with Crippen molar-refractivity contribution < 1.29 is 24.2 Å².